The summed E-state index contributed by atoms with van der Waals surface area (Å²) < 4.78 is 32.0. The maximum absolute atomic E-state index is 12.8. The van der Waals surface area contributed by atoms with Gasteiger partial charge in [-0.1, -0.05) is 11.6 Å². The monoisotopic (exact) mass is 499 g/mol. The van der Waals surface area contributed by atoms with Gasteiger partial charge in [0.05, 0.1) is 28.8 Å². The first kappa shape index (κ1) is 21.8. The van der Waals surface area contributed by atoms with Crippen molar-refractivity contribution in [2.75, 3.05) is 28.7 Å². The molecule has 1 amide bonds. The second-order valence-electron chi connectivity index (χ2n) is 7.39. The molecule has 1 saturated heterocycles. The van der Waals surface area contributed by atoms with Gasteiger partial charge in [-0.2, -0.15) is 0 Å². The maximum Gasteiger partial charge on any atom is 0.255 e. The third-order valence-corrected chi connectivity index (χ3v) is 8.19. The number of nitrogens with zero attached hydrogens (tertiary/aromatic N) is 2. The van der Waals surface area contributed by atoms with Gasteiger partial charge in [-0.15, -0.1) is 11.3 Å². The van der Waals surface area contributed by atoms with Gasteiger partial charge in [-0.3, -0.25) is 9.78 Å². The molecule has 10 heteroatoms. The van der Waals surface area contributed by atoms with Crippen LogP contribution in [0.15, 0.2) is 66.2 Å². The summed E-state index contributed by atoms with van der Waals surface area (Å²) in [6, 6.07) is 15.6. The molecule has 0 bridgehead atoms. The van der Waals surface area contributed by atoms with Crippen LogP contribution in [0.1, 0.15) is 10.4 Å². The van der Waals surface area contributed by atoms with E-state index >= 15 is 0 Å². The number of sulfonamides is 1. The van der Waals surface area contributed by atoms with Crippen molar-refractivity contribution in [1.29, 1.82) is 0 Å². The molecule has 5 rings (SSSR count). The summed E-state index contributed by atoms with van der Waals surface area (Å²) in [4.78, 5) is 17.3. The molecule has 2 aromatic carbocycles. The zero-order valence-electron chi connectivity index (χ0n) is 17.2. The van der Waals surface area contributed by atoms with Crippen LogP contribution in [0.4, 0.5) is 11.4 Å². The van der Waals surface area contributed by atoms with E-state index in [2.05, 4.69) is 10.3 Å². The summed E-state index contributed by atoms with van der Waals surface area (Å²) in [5.74, 6) is -0.392. The molecule has 1 aliphatic rings. The van der Waals surface area contributed by atoms with Crippen molar-refractivity contribution in [3.63, 3.8) is 0 Å². The number of amides is 1. The quantitative estimate of drug-likeness (QED) is 0.427. The molecule has 3 heterocycles. The van der Waals surface area contributed by atoms with Crippen molar-refractivity contribution < 1.29 is 17.9 Å². The number of anilines is 2. The predicted molar refractivity (Wildman–Crippen MR) is 132 cm³/mol. The van der Waals surface area contributed by atoms with Crippen LogP contribution >= 0.6 is 22.9 Å². The molecular formula is C23H18ClN3O4S2. The van der Waals surface area contributed by atoms with Gasteiger partial charge in [0.1, 0.15) is 6.73 Å². The van der Waals surface area contributed by atoms with Crippen LogP contribution in [0.5, 0.6) is 0 Å². The molecule has 2 aromatic heterocycles. The van der Waals surface area contributed by atoms with Crippen LogP contribution in [0.3, 0.4) is 0 Å². The first-order valence-electron chi connectivity index (χ1n) is 10.0. The Morgan fingerprint density at radius 2 is 1.94 bits per heavy atom. The number of nitrogens with one attached hydrogen (secondary N) is 1. The fourth-order valence-electron chi connectivity index (χ4n) is 3.61. The molecule has 0 aliphatic carbocycles. The summed E-state index contributed by atoms with van der Waals surface area (Å²) in [6.45, 7) is 0.144. The summed E-state index contributed by atoms with van der Waals surface area (Å²) in [5, 5.41) is 6.41. The Morgan fingerprint density at radius 1 is 1.12 bits per heavy atom. The van der Waals surface area contributed by atoms with Crippen molar-refractivity contribution in [2.45, 2.75) is 0 Å². The third kappa shape index (κ3) is 4.32. The van der Waals surface area contributed by atoms with Gasteiger partial charge in [-0.25, -0.2) is 12.7 Å². The number of hydrogen-bond acceptors (Lipinski definition) is 6. The predicted octanol–water partition coefficient (Wildman–Crippen LogP) is 4.99. The number of carbonyl (C=O) groups is 1. The van der Waals surface area contributed by atoms with E-state index in [-0.39, 0.29) is 25.0 Å². The first-order chi connectivity index (χ1) is 15.9. The topological polar surface area (TPSA) is 88.6 Å². The fraction of sp³-hybridized carbons (Fsp3) is 0.130. The molecule has 4 aromatic rings. The highest BCUT2D eigenvalue weighted by Crippen LogP contribution is 2.35. The molecule has 0 saturated carbocycles. The molecule has 0 unspecified atom stereocenters. The lowest BCUT2D eigenvalue weighted by atomic mass is 10.1. The number of pyridine rings is 1. The van der Waals surface area contributed by atoms with Gasteiger partial charge in [0.2, 0.25) is 10.0 Å². The summed E-state index contributed by atoms with van der Waals surface area (Å²) in [6.07, 6.45) is 1.74. The van der Waals surface area contributed by atoms with Gasteiger partial charge in [0, 0.05) is 33.1 Å². The standard InChI is InChI=1S/C23H18ClN3O4S2/c24-20-6-3-16(13-19(20)22-18-8-11-32-21(18)7-9-25-22)26-23(28)15-1-4-17(5-2-15)27-14-31-10-12-33(27,29)30/h1-9,11,13H,10,12,14H2,(H,26,28). The number of benzene rings is 2. The zero-order valence-corrected chi connectivity index (χ0v) is 19.6. The van der Waals surface area contributed by atoms with Crippen molar-refractivity contribution in [1.82, 2.24) is 4.98 Å². The van der Waals surface area contributed by atoms with E-state index in [1.54, 1.807) is 60.0 Å². The second-order valence-corrected chi connectivity index (χ2v) is 10.8. The summed E-state index contributed by atoms with van der Waals surface area (Å²) in [5.41, 5.74) is 2.90. The molecule has 1 fully saturated rings. The highest BCUT2D eigenvalue weighted by molar-refractivity contribution is 7.92. The number of carbonyl (C=O) groups excluding carboxylic acids is 1. The van der Waals surface area contributed by atoms with Gasteiger partial charge < -0.3 is 10.1 Å². The molecule has 0 atom stereocenters. The molecule has 168 valence electrons. The van der Waals surface area contributed by atoms with E-state index in [9.17, 15) is 13.2 Å². The third-order valence-electron chi connectivity index (χ3n) is 5.31. The number of ether oxygens (including phenoxy) is 1. The van der Waals surface area contributed by atoms with E-state index < -0.39 is 10.0 Å². The number of thiophene rings is 1. The molecule has 1 aliphatic heterocycles. The van der Waals surface area contributed by atoms with Crippen molar-refractivity contribution in [3.8, 4) is 11.3 Å². The highest BCUT2D eigenvalue weighted by atomic mass is 35.5. The van der Waals surface area contributed by atoms with Crippen molar-refractivity contribution in [2.24, 2.45) is 0 Å². The van der Waals surface area contributed by atoms with Crippen LogP contribution in [0.25, 0.3) is 21.3 Å². The van der Waals surface area contributed by atoms with Crippen LogP contribution in [0.2, 0.25) is 5.02 Å². The Balaban J connectivity index is 1.38. The van der Waals surface area contributed by atoms with E-state index in [0.717, 1.165) is 21.3 Å². The van der Waals surface area contributed by atoms with E-state index in [1.165, 1.54) is 4.31 Å². The molecule has 1 N–H and O–H groups in total. The lowest BCUT2D eigenvalue weighted by Crippen LogP contribution is -2.41. The van der Waals surface area contributed by atoms with Crippen LogP contribution in [-0.2, 0) is 14.8 Å². The van der Waals surface area contributed by atoms with Gasteiger partial charge in [0.15, 0.2) is 0 Å². The van der Waals surface area contributed by atoms with Crippen LogP contribution in [-0.4, -0.2) is 38.4 Å². The summed E-state index contributed by atoms with van der Waals surface area (Å²) >= 11 is 8.08. The van der Waals surface area contributed by atoms with Crippen LogP contribution < -0.4 is 9.62 Å². The number of fused-ring (bicyclic) bond motifs is 1. The summed E-state index contributed by atoms with van der Waals surface area (Å²) in [7, 11) is -3.41. The average Bonchev–Trinajstić information content (AvgIpc) is 3.29. The minimum Gasteiger partial charge on any atom is -0.359 e. The number of hydrogen-bond donors (Lipinski definition) is 1. The van der Waals surface area contributed by atoms with E-state index in [4.69, 9.17) is 16.3 Å². The van der Waals surface area contributed by atoms with E-state index in [1.807, 2.05) is 17.5 Å². The molecule has 0 spiro atoms. The highest BCUT2D eigenvalue weighted by Gasteiger charge is 2.26. The molecule has 0 radical (unpaired) electrons. The molecule has 33 heavy (non-hydrogen) atoms. The Kier molecular flexibility index (Phi) is 5.79. The van der Waals surface area contributed by atoms with Crippen LogP contribution in [0, 0.1) is 0 Å². The molecule has 7 nitrogen and oxygen atoms in total. The minimum absolute atomic E-state index is 0.0354. The Bertz CT molecular complexity index is 1450. The smallest absolute Gasteiger partial charge is 0.255 e. The first-order valence-corrected chi connectivity index (χ1v) is 12.9. The average molecular weight is 500 g/mol. The Labute approximate surface area is 199 Å². The largest absolute Gasteiger partial charge is 0.359 e. The Hall–Kier alpha value is -2.98. The lowest BCUT2D eigenvalue weighted by molar-refractivity contribution is 0.102. The number of rotatable bonds is 4. The maximum atomic E-state index is 12.8. The normalized spacial score (nSPS) is 15.5. The van der Waals surface area contributed by atoms with Gasteiger partial charge in [0.25, 0.3) is 5.91 Å². The minimum atomic E-state index is -3.41. The molecular weight excluding hydrogens is 482 g/mol. The number of halogens is 1. The SMILES string of the molecule is O=C(Nc1ccc(Cl)c(-c2nccc3sccc23)c1)c1ccc(N2COCCS2(=O)=O)cc1. The van der Waals surface area contributed by atoms with Gasteiger partial charge in [-0.05, 0) is 60.0 Å². The lowest BCUT2D eigenvalue weighted by Gasteiger charge is -2.28. The fourth-order valence-corrected chi connectivity index (χ4v) is 5.83. The Morgan fingerprint density at radius 3 is 2.73 bits per heavy atom. The number of aromatic nitrogens is 1. The zero-order chi connectivity index (χ0) is 23.0. The van der Waals surface area contributed by atoms with Crippen molar-refractivity contribution in [3.05, 3.63) is 76.8 Å². The van der Waals surface area contributed by atoms with Gasteiger partial charge >= 0.3 is 0 Å². The second kappa shape index (κ2) is 8.75. The van der Waals surface area contributed by atoms with Crippen molar-refractivity contribution >= 4 is 60.3 Å². The van der Waals surface area contributed by atoms with E-state index in [0.29, 0.717) is 22.0 Å².